The first-order valence-corrected chi connectivity index (χ1v) is 7.50. The topological polar surface area (TPSA) is 64.8 Å². The van der Waals surface area contributed by atoms with Crippen LogP contribution in [-0.4, -0.2) is 81.9 Å². The van der Waals surface area contributed by atoms with Crippen molar-refractivity contribution in [2.24, 2.45) is 0 Å². The number of nitrogens with zero attached hydrogens (tertiary/aromatic N) is 5. The molecule has 1 saturated heterocycles. The highest BCUT2D eigenvalue weighted by Gasteiger charge is 2.27. The Morgan fingerprint density at radius 3 is 2.76 bits per heavy atom. The predicted molar refractivity (Wildman–Crippen MR) is 77.5 cm³/mol. The number of carbonyl (C=O) groups excluding carboxylic acids is 1. The van der Waals surface area contributed by atoms with Crippen LogP contribution in [0.4, 0.5) is 0 Å². The molecular formula is C14H23N5O2. The highest BCUT2D eigenvalue weighted by Crippen LogP contribution is 2.22. The molecule has 2 aliphatic heterocycles. The summed E-state index contributed by atoms with van der Waals surface area (Å²) in [6.45, 7) is 6.17. The second kappa shape index (κ2) is 6.13. The number of piperazine rings is 1. The maximum Gasteiger partial charge on any atom is 0.236 e. The zero-order chi connectivity index (χ0) is 14.8. The maximum absolute atomic E-state index is 12.3. The second-order valence-corrected chi connectivity index (χ2v) is 5.89. The number of aliphatic hydroxyl groups excluding tert-OH is 1. The van der Waals surface area contributed by atoms with Crippen molar-refractivity contribution >= 4 is 5.91 Å². The molecule has 0 spiro atoms. The predicted octanol–water partition coefficient (Wildman–Crippen LogP) is -1.03. The molecule has 0 bridgehead atoms. The van der Waals surface area contributed by atoms with Gasteiger partial charge in [0.05, 0.1) is 31.6 Å². The fraction of sp³-hybridized carbons (Fsp3) is 0.714. The molecule has 0 radical (unpaired) electrons. The number of aliphatic hydroxyl groups is 1. The lowest BCUT2D eigenvalue weighted by atomic mass is 10.3. The molecule has 1 amide bonds. The Morgan fingerprint density at radius 2 is 2.05 bits per heavy atom. The van der Waals surface area contributed by atoms with E-state index in [9.17, 15) is 4.79 Å². The van der Waals surface area contributed by atoms with Gasteiger partial charge in [0.15, 0.2) is 0 Å². The summed E-state index contributed by atoms with van der Waals surface area (Å²) >= 11 is 0. The minimum atomic E-state index is 0.0916. The number of aromatic nitrogens is 2. The van der Waals surface area contributed by atoms with Gasteiger partial charge in [-0.2, -0.15) is 5.10 Å². The fourth-order valence-corrected chi connectivity index (χ4v) is 3.02. The molecule has 7 nitrogen and oxygen atoms in total. The van der Waals surface area contributed by atoms with Gasteiger partial charge in [-0.25, -0.2) is 0 Å². The molecule has 0 aliphatic carbocycles. The van der Waals surface area contributed by atoms with E-state index in [2.05, 4.69) is 21.9 Å². The van der Waals surface area contributed by atoms with E-state index < -0.39 is 0 Å². The monoisotopic (exact) mass is 293 g/mol. The van der Waals surface area contributed by atoms with E-state index in [0.717, 1.165) is 45.0 Å². The van der Waals surface area contributed by atoms with Crippen molar-refractivity contribution in [1.82, 2.24) is 24.5 Å². The van der Waals surface area contributed by atoms with Gasteiger partial charge in [0.2, 0.25) is 5.91 Å². The quantitative estimate of drug-likeness (QED) is 0.769. The van der Waals surface area contributed by atoms with Crippen molar-refractivity contribution in [3.05, 3.63) is 17.5 Å². The van der Waals surface area contributed by atoms with Gasteiger partial charge in [-0.15, -0.1) is 0 Å². The molecule has 0 aromatic carbocycles. The first kappa shape index (κ1) is 14.5. The number of amides is 1. The normalized spacial score (nSPS) is 20.0. The molecule has 1 fully saturated rings. The molecule has 2 aliphatic rings. The molecule has 1 aromatic rings. The van der Waals surface area contributed by atoms with Crippen LogP contribution in [0.2, 0.25) is 0 Å². The van der Waals surface area contributed by atoms with Gasteiger partial charge in [-0.3, -0.25) is 14.4 Å². The average Bonchev–Trinajstić information content (AvgIpc) is 3.01. The molecule has 116 valence electrons. The number of fused-ring (bicyclic) bond motifs is 1. The Labute approximate surface area is 124 Å². The van der Waals surface area contributed by atoms with Gasteiger partial charge >= 0.3 is 0 Å². The van der Waals surface area contributed by atoms with E-state index in [1.54, 1.807) is 0 Å². The van der Waals surface area contributed by atoms with Crippen molar-refractivity contribution in [2.45, 2.75) is 19.6 Å². The lowest BCUT2D eigenvalue weighted by molar-refractivity contribution is -0.134. The van der Waals surface area contributed by atoms with Crippen molar-refractivity contribution in [3.8, 4) is 0 Å². The largest absolute Gasteiger partial charge is 0.394 e. The number of rotatable bonds is 4. The van der Waals surface area contributed by atoms with Crippen LogP contribution >= 0.6 is 0 Å². The molecule has 1 aromatic heterocycles. The SMILES string of the molecule is CN1CCN(C(=O)CN2Cc3cnn(CCO)c3C2)CC1. The van der Waals surface area contributed by atoms with Crippen LogP contribution in [0.15, 0.2) is 6.20 Å². The van der Waals surface area contributed by atoms with Gasteiger partial charge in [0.25, 0.3) is 0 Å². The lowest BCUT2D eigenvalue weighted by Gasteiger charge is -2.33. The Morgan fingerprint density at radius 1 is 1.29 bits per heavy atom. The number of carbonyl (C=O) groups is 1. The Bertz CT molecular complexity index is 507. The van der Waals surface area contributed by atoms with E-state index in [1.807, 2.05) is 15.8 Å². The molecule has 21 heavy (non-hydrogen) atoms. The first-order chi connectivity index (χ1) is 10.2. The van der Waals surface area contributed by atoms with Crippen molar-refractivity contribution in [2.75, 3.05) is 46.4 Å². The minimum absolute atomic E-state index is 0.0916. The number of hydrogen-bond donors (Lipinski definition) is 1. The summed E-state index contributed by atoms with van der Waals surface area (Å²) in [4.78, 5) is 18.7. The van der Waals surface area contributed by atoms with Crippen LogP contribution < -0.4 is 0 Å². The Balaban J connectivity index is 1.54. The highest BCUT2D eigenvalue weighted by molar-refractivity contribution is 5.78. The van der Waals surface area contributed by atoms with E-state index in [0.29, 0.717) is 13.1 Å². The molecule has 0 unspecified atom stereocenters. The van der Waals surface area contributed by atoms with Crippen LogP contribution in [-0.2, 0) is 24.4 Å². The second-order valence-electron chi connectivity index (χ2n) is 5.89. The summed E-state index contributed by atoms with van der Waals surface area (Å²) in [6.07, 6.45) is 1.85. The van der Waals surface area contributed by atoms with Gasteiger partial charge in [-0.1, -0.05) is 0 Å². The van der Waals surface area contributed by atoms with Crippen molar-refractivity contribution < 1.29 is 9.90 Å². The first-order valence-electron chi connectivity index (χ1n) is 7.50. The van der Waals surface area contributed by atoms with Gasteiger partial charge < -0.3 is 14.9 Å². The van der Waals surface area contributed by atoms with Crippen molar-refractivity contribution in [3.63, 3.8) is 0 Å². The zero-order valence-corrected chi connectivity index (χ0v) is 12.5. The smallest absolute Gasteiger partial charge is 0.236 e. The van der Waals surface area contributed by atoms with E-state index in [1.165, 1.54) is 5.56 Å². The highest BCUT2D eigenvalue weighted by atomic mass is 16.3. The Kier molecular flexibility index (Phi) is 4.23. The molecule has 7 heteroatoms. The molecule has 1 N–H and O–H groups in total. The third-order valence-corrected chi connectivity index (χ3v) is 4.33. The third kappa shape index (κ3) is 3.09. The van der Waals surface area contributed by atoms with Crippen LogP contribution in [0.3, 0.4) is 0 Å². The van der Waals surface area contributed by atoms with Crippen LogP contribution in [0.25, 0.3) is 0 Å². The van der Waals surface area contributed by atoms with E-state index in [4.69, 9.17) is 5.11 Å². The summed E-state index contributed by atoms with van der Waals surface area (Å²) in [7, 11) is 2.09. The summed E-state index contributed by atoms with van der Waals surface area (Å²) in [5.41, 5.74) is 2.31. The maximum atomic E-state index is 12.3. The molecule has 3 heterocycles. The van der Waals surface area contributed by atoms with Crippen LogP contribution in [0, 0.1) is 0 Å². The lowest BCUT2D eigenvalue weighted by Crippen LogP contribution is -2.49. The van der Waals surface area contributed by atoms with Gasteiger partial charge in [0.1, 0.15) is 0 Å². The number of likely N-dealkylation sites (N-methyl/N-ethyl adjacent to an activating group) is 1. The van der Waals surface area contributed by atoms with E-state index >= 15 is 0 Å². The summed E-state index contributed by atoms with van der Waals surface area (Å²) in [6, 6.07) is 0. The summed E-state index contributed by atoms with van der Waals surface area (Å²) in [5, 5.41) is 13.3. The fourth-order valence-electron chi connectivity index (χ4n) is 3.02. The molecule has 3 rings (SSSR count). The summed E-state index contributed by atoms with van der Waals surface area (Å²) in [5.74, 6) is 0.218. The Hall–Kier alpha value is -1.44. The number of hydrogen-bond acceptors (Lipinski definition) is 5. The molecule has 0 saturated carbocycles. The minimum Gasteiger partial charge on any atom is -0.394 e. The average molecular weight is 293 g/mol. The molecular weight excluding hydrogens is 270 g/mol. The van der Waals surface area contributed by atoms with E-state index in [-0.39, 0.29) is 12.5 Å². The standard InChI is InChI=1S/C14H23N5O2/c1-16-2-4-18(5-3-16)14(21)11-17-9-12-8-15-19(6-7-20)13(12)10-17/h8,20H,2-7,9-11H2,1H3. The zero-order valence-electron chi connectivity index (χ0n) is 12.5. The van der Waals surface area contributed by atoms with Crippen LogP contribution in [0.1, 0.15) is 11.3 Å². The van der Waals surface area contributed by atoms with Gasteiger partial charge in [-0.05, 0) is 7.05 Å². The van der Waals surface area contributed by atoms with Crippen molar-refractivity contribution in [1.29, 1.82) is 0 Å². The molecule has 0 atom stereocenters. The summed E-state index contributed by atoms with van der Waals surface area (Å²) < 4.78 is 1.84. The third-order valence-electron chi connectivity index (χ3n) is 4.33. The van der Waals surface area contributed by atoms with Crippen LogP contribution in [0.5, 0.6) is 0 Å². The van der Waals surface area contributed by atoms with Gasteiger partial charge in [0, 0.05) is 44.8 Å².